The zero-order valence-electron chi connectivity index (χ0n) is 12.6. The van der Waals surface area contributed by atoms with E-state index in [2.05, 4.69) is 5.32 Å². The molecule has 0 aliphatic carbocycles. The van der Waals surface area contributed by atoms with Crippen molar-refractivity contribution in [3.8, 4) is 0 Å². The first-order valence-electron chi connectivity index (χ1n) is 7.00. The van der Waals surface area contributed by atoms with Crippen molar-refractivity contribution in [2.24, 2.45) is 5.92 Å². The number of likely N-dealkylation sites (tertiary alicyclic amines) is 1. The van der Waals surface area contributed by atoms with E-state index in [1.807, 2.05) is 25.8 Å². The van der Waals surface area contributed by atoms with Gasteiger partial charge in [0.1, 0.15) is 0 Å². The molecule has 1 aliphatic rings. The van der Waals surface area contributed by atoms with Crippen molar-refractivity contribution in [3.05, 3.63) is 0 Å². The summed E-state index contributed by atoms with van der Waals surface area (Å²) in [4.78, 5) is 13.9. The molecule has 0 aromatic heterocycles. The summed E-state index contributed by atoms with van der Waals surface area (Å²) in [6, 6.07) is 0.227. The Balaban J connectivity index is 0.00000361. The van der Waals surface area contributed by atoms with Crippen molar-refractivity contribution in [1.29, 1.82) is 0 Å². The summed E-state index contributed by atoms with van der Waals surface area (Å²) in [5.41, 5.74) is 0. The number of sulfone groups is 1. The molecule has 1 fully saturated rings. The SMILES string of the molecule is CNCC1CCCN1C(=O)CCS(=O)(=O)CC(C)C.Cl. The fourth-order valence-corrected chi connectivity index (χ4v) is 4.26. The number of carbonyl (C=O) groups excluding carboxylic acids is 1. The quantitative estimate of drug-likeness (QED) is 0.760. The lowest BCUT2D eigenvalue weighted by Crippen LogP contribution is -2.41. The number of hydrogen-bond donors (Lipinski definition) is 1. The van der Waals surface area contributed by atoms with Crippen LogP contribution >= 0.6 is 12.4 Å². The number of halogens is 1. The van der Waals surface area contributed by atoms with Crippen LogP contribution in [-0.4, -0.2) is 56.9 Å². The number of likely N-dealkylation sites (N-methyl/N-ethyl adjacent to an activating group) is 1. The molecule has 1 amide bonds. The highest BCUT2D eigenvalue weighted by atomic mass is 35.5. The predicted molar refractivity (Wildman–Crippen MR) is 84.0 cm³/mol. The summed E-state index contributed by atoms with van der Waals surface area (Å²) in [6.07, 6.45) is 2.14. The maximum absolute atomic E-state index is 12.1. The van der Waals surface area contributed by atoms with E-state index < -0.39 is 9.84 Å². The first-order valence-corrected chi connectivity index (χ1v) is 8.82. The molecule has 0 aromatic carbocycles. The Morgan fingerprint density at radius 1 is 1.40 bits per heavy atom. The highest BCUT2D eigenvalue weighted by Crippen LogP contribution is 2.18. The summed E-state index contributed by atoms with van der Waals surface area (Å²) >= 11 is 0. The summed E-state index contributed by atoms with van der Waals surface area (Å²) in [5, 5.41) is 3.08. The minimum atomic E-state index is -3.10. The molecule has 0 saturated carbocycles. The monoisotopic (exact) mass is 326 g/mol. The molecule has 1 aliphatic heterocycles. The maximum Gasteiger partial charge on any atom is 0.223 e. The second kappa shape index (κ2) is 8.85. The van der Waals surface area contributed by atoms with Crippen molar-refractivity contribution >= 4 is 28.2 Å². The normalized spacial score (nSPS) is 19.2. The second-order valence-corrected chi connectivity index (χ2v) is 7.93. The van der Waals surface area contributed by atoms with E-state index in [1.165, 1.54) is 0 Å². The number of hydrogen-bond acceptors (Lipinski definition) is 4. The zero-order chi connectivity index (χ0) is 14.5. The molecule has 1 unspecified atom stereocenters. The lowest BCUT2D eigenvalue weighted by Gasteiger charge is -2.24. The van der Waals surface area contributed by atoms with Gasteiger partial charge in [0.15, 0.2) is 9.84 Å². The fraction of sp³-hybridized carbons (Fsp3) is 0.923. The smallest absolute Gasteiger partial charge is 0.223 e. The molecular formula is C13H27ClN2O3S. The number of rotatable bonds is 7. The van der Waals surface area contributed by atoms with E-state index in [9.17, 15) is 13.2 Å². The van der Waals surface area contributed by atoms with Crippen LogP contribution in [0, 0.1) is 5.92 Å². The fourth-order valence-electron chi connectivity index (χ4n) is 2.59. The van der Waals surface area contributed by atoms with Gasteiger partial charge in [-0.2, -0.15) is 0 Å². The van der Waals surface area contributed by atoms with Crippen LogP contribution in [0.5, 0.6) is 0 Å². The molecule has 5 nitrogen and oxygen atoms in total. The Morgan fingerprint density at radius 3 is 2.60 bits per heavy atom. The van der Waals surface area contributed by atoms with Gasteiger partial charge in [-0.25, -0.2) is 8.42 Å². The first kappa shape index (κ1) is 19.7. The predicted octanol–water partition coefficient (Wildman–Crippen LogP) is 1.08. The average Bonchev–Trinajstić information content (AvgIpc) is 2.73. The minimum absolute atomic E-state index is 0. The van der Waals surface area contributed by atoms with Gasteiger partial charge >= 0.3 is 0 Å². The molecule has 1 heterocycles. The molecule has 20 heavy (non-hydrogen) atoms. The van der Waals surface area contributed by atoms with Crippen LogP contribution in [0.25, 0.3) is 0 Å². The van der Waals surface area contributed by atoms with Crippen molar-refractivity contribution in [2.45, 2.75) is 39.2 Å². The molecule has 120 valence electrons. The third kappa shape index (κ3) is 6.41. The van der Waals surface area contributed by atoms with Gasteiger partial charge in [-0.15, -0.1) is 12.4 Å². The molecule has 0 spiro atoms. The van der Waals surface area contributed by atoms with Crippen molar-refractivity contribution in [2.75, 3.05) is 31.6 Å². The minimum Gasteiger partial charge on any atom is -0.338 e. The van der Waals surface area contributed by atoms with Crippen molar-refractivity contribution in [1.82, 2.24) is 10.2 Å². The standard InChI is InChI=1S/C13H26N2O3S.ClH/c1-11(2)10-19(17,18)8-6-13(16)15-7-4-5-12(15)9-14-3;/h11-12,14H,4-10H2,1-3H3;1H. The van der Waals surface area contributed by atoms with Gasteiger partial charge in [0, 0.05) is 25.6 Å². The van der Waals surface area contributed by atoms with E-state index in [4.69, 9.17) is 0 Å². The molecule has 7 heteroatoms. The van der Waals surface area contributed by atoms with Gasteiger partial charge in [-0.1, -0.05) is 13.8 Å². The zero-order valence-corrected chi connectivity index (χ0v) is 14.2. The number of amides is 1. The van der Waals surface area contributed by atoms with Gasteiger partial charge in [-0.3, -0.25) is 4.79 Å². The molecule has 0 bridgehead atoms. The van der Waals surface area contributed by atoms with Crippen LogP contribution in [0.2, 0.25) is 0 Å². The van der Waals surface area contributed by atoms with Crippen LogP contribution in [0.4, 0.5) is 0 Å². The Kier molecular flexibility index (Phi) is 8.70. The number of nitrogens with zero attached hydrogens (tertiary/aromatic N) is 1. The van der Waals surface area contributed by atoms with Crippen LogP contribution in [-0.2, 0) is 14.6 Å². The lowest BCUT2D eigenvalue weighted by molar-refractivity contribution is -0.131. The van der Waals surface area contributed by atoms with Gasteiger partial charge in [0.2, 0.25) is 5.91 Å². The van der Waals surface area contributed by atoms with Gasteiger partial charge in [0.05, 0.1) is 11.5 Å². The van der Waals surface area contributed by atoms with Crippen LogP contribution in [0.1, 0.15) is 33.1 Å². The summed E-state index contributed by atoms with van der Waals surface area (Å²) in [6.45, 7) is 5.30. The topological polar surface area (TPSA) is 66.5 Å². The van der Waals surface area contributed by atoms with Crippen LogP contribution in [0.15, 0.2) is 0 Å². The lowest BCUT2D eigenvalue weighted by atomic mass is 10.2. The van der Waals surface area contributed by atoms with Gasteiger partial charge in [0.25, 0.3) is 0 Å². The molecule has 1 N–H and O–H groups in total. The van der Waals surface area contributed by atoms with E-state index in [1.54, 1.807) is 0 Å². The third-order valence-corrected chi connectivity index (χ3v) is 5.35. The Labute approximate surface area is 128 Å². The largest absolute Gasteiger partial charge is 0.338 e. The number of carbonyl (C=O) groups is 1. The summed E-state index contributed by atoms with van der Waals surface area (Å²) in [7, 11) is -1.23. The Morgan fingerprint density at radius 2 is 2.05 bits per heavy atom. The molecule has 0 aromatic rings. The van der Waals surface area contributed by atoms with E-state index in [-0.39, 0.29) is 48.2 Å². The molecule has 1 rings (SSSR count). The van der Waals surface area contributed by atoms with E-state index >= 15 is 0 Å². The third-order valence-electron chi connectivity index (χ3n) is 3.35. The van der Waals surface area contributed by atoms with Crippen molar-refractivity contribution in [3.63, 3.8) is 0 Å². The van der Waals surface area contributed by atoms with Gasteiger partial charge in [-0.05, 0) is 25.8 Å². The van der Waals surface area contributed by atoms with Crippen LogP contribution in [0.3, 0.4) is 0 Å². The highest BCUT2D eigenvalue weighted by Gasteiger charge is 2.28. The van der Waals surface area contributed by atoms with Crippen molar-refractivity contribution < 1.29 is 13.2 Å². The van der Waals surface area contributed by atoms with Crippen LogP contribution < -0.4 is 5.32 Å². The average molecular weight is 327 g/mol. The molecule has 0 radical (unpaired) electrons. The maximum atomic E-state index is 12.1. The summed E-state index contributed by atoms with van der Waals surface area (Å²) in [5.74, 6) is 0.238. The Hall–Kier alpha value is -0.330. The molecular weight excluding hydrogens is 300 g/mol. The molecule has 1 saturated heterocycles. The van der Waals surface area contributed by atoms with Gasteiger partial charge < -0.3 is 10.2 Å². The first-order chi connectivity index (χ1) is 8.85. The second-order valence-electron chi connectivity index (χ2n) is 5.70. The van der Waals surface area contributed by atoms with E-state index in [0.717, 1.165) is 25.9 Å². The highest BCUT2D eigenvalue weighted by molar-refractivity contribution is 7.91. The van der Waals surface area contributed by atoms with E-state index in [0.29, 0.717) is 0 Å². The molecule has 1 atom stereocenters. The number of nitrogens with one attached hydrogen (secondary N) is 1. The Bertz CT molecular complexity index is 398. The summed E-state index contributed by atoms with van der Waals surface area (Å²) < 4.78 is 23.6.